The Hall–Kier alpha value is -4.06. The van der Waals surface area contributed by atoms with Crippen molar-refractivity contribution in [2.75, 3.05) is 6.61 Å². The number of hydrogen-bond donors (Lipinski definition) is 0. The summed E-state index contributed by atoms with van der Waals surface area (Å²) in [4.78, 5) is 0. The quantitative estimate of drug-likeness (QED) is 0.374. The van der Waals surface area contributed by atoms with Gasteiger partial charge in [0.15, 0.2) is 5.52 Å². The Morgan fingerprint density at radius 3 is 2.13 bits per heavy atom. The van der Waals surface area contributed by atoms with Crippen molar-refractivity contribution in [2.45, 2.75) is 6.92 Å². The maximum Gasteiger partial charge on any atom is 0.262 e. The van der Waals surface area contributed by atoms with Crippen LogP contribution in [0.1, 0.15) is 6.92 Å². The predicted octanol–water partition coefficient (Wildman–Crippen LogP) is 5.69. The molecular formula is C25H19FN4O. The Bertz CT molecular complexity index is 1350. The van der Waals surface area contributed by atoms with E-state index in [9.17, 15) is 4.39 Å². The van der Waals surface area contributed by atoms with Crippen LogP contribution in [0.2, 0.25) is 0 Å². The van der Waals surface area contributed by atoms with Gasteiger partial charge in [0.2, 0.25) is 0 Å². The number of nitrogens with zero attached hydrogens (tertiary/aromatic N) is 4. The predicted molar refractivity (Wildman–Crippen MR) is 119 cm³/mol. The van der Waals surface area contributed by atoms with Crippen LogP contribution in [0.4, 0.5) is 4.39 Å². The molecule has 0 unspecified atom stereocenters. The maximum absolute atomic E-state index is 14.8. The number of aromatic nitrogens is 4. The third-order valence-electron chi connectivity index (χ3n) is 5.02. The zero-order chi connectivity index (χ0) is 21.2. The fourth-order valence-electron chi connectivity index (χ4n) is 3.68. The van der Waals surface area contributed by atoms with E-state index >= 15 is 0 Å². The molecule has 5 rings (SSSR count). The lowest BCUT2D eigenvalue weighted by Gasteiger charge is -2.10. The van der Waals surface area contributed by atoms with Crippen molar-refractivity contribution >= 4 is 10.9 Å². The van der Waals surface area contributed by atoms with Gasteiger partial charge in [-0.3, -0.25) is 0 Å². The zero-order valence-corrected chi connectivity index (χ0v) is 16.9. The first-order valence-corrected chi connectivity index (χ1v) is 10.1. The summed E-state index contributed by atoms with van der Waals surface area (Å²) in [5.41, 5.74) is 4.07. The number of para-hydroxylation sites is 1. The Kier molecular flexibility index (Phi) is 4.88. The van der Waals surface area contributed by atoms with Crippen LogP contribution >= 0.6 is 0 Å². The molecule has 0 N–H and O–H groups in total. The van der Waals surface area contributed by atoms with Gasteiger partial charge in [0, 0.05) is 11.1 Å². The van der Waals surface area contributed by atoms with Gasteiger partial charge in [0.25, 0.3) is 5.88 Å². The van der Waals surface area contributed by atoms with Crippen molar-refractivity contribution in [3.8, 4) is 34.1 Å². The highest BCUT2D eigenvalue weighted by molar-refractivity contribution is 6.04. The SMILES string of the molecule is CCOc1nnc(-c2ccccc2)c2c(-c3ccccc3)n(-c3ccccc3F)nc12. The second-order valence-electron chi connectivity index (χ2n) is 6.95. The summed E-state index contributed by atoms with van der Waals surface area (Å²) in [6.07, 6.45) is 0. The molecule has 0 radical (unpaired) electrons. The van der Waals surface area contributed by atoms with Gasteiger partial charge < -0.3 is 4.74 Å². The molecular weight excluding hydrogens is 391 g/mol. The van der Waals surface area contributed by atoms with Gasteiger partial charge in [-0.1, -0.05) is 72.8 Å². The fraction of sp³-hybridized carbons (Fsp3) is 0.0800. The van der Waals surface area contributed by atoms with E-state index in [-0.39, 0.29) is 5.82 Å². The first-order valence-electron chi connectivity index (χ1n) is 10.1. The van der Waals surface area contributed by atoms with Crippen molar-refractivity contribution in [1.82, 2.24) is 20.0 Å². The molecule has 0 aliphatic heterocycles. The molecule has 0 saturated carbocycles. The molecule has 2 aromatic heterocycles. The molecule has 0 amide bonds. The second kappa shape index (κ2) is 7.99. The third kappa shape index (κ3) is 3.32. The second-order valence-corrected chi connectivity index (χ2v) is 6.95. The number of rotatable bonds is 5. The highest BCUT2D eigenvalue weighted by Crippen LogP contribution is 2.39. The van der Waals surface area contributed by atoms with E-state index in [0.717, 1.165) is 22.2 Å². The minimum Gasteiger partial charge on any atom is -0.475 e. The maximum atomic E-state index is 14.8. The number of ether oxygens (including phenoxy) is 1. The van der Waals surface area contributed by atoms with E-state index in [0.29, 0.717) is 29.4 Å². The van der Waals surface area contributed by atoms with Crippen molar-refractivity contribution in [1.29, 1.82) is 0 Å². The molecule has 0 atom stereocenters. The summed E-state index contributed by atoms with van der Waals surface area (Å²) in [5, 5.41) is 14.3. The summed E-state index contributed by atoms with van der Waals surface area (Å²) in [7, 11) is 0. The summed E-state index contributed by atoms with van der Waals surface area (Å²) in [5.74, 6) is -0.0444. The molecule has 6 heteroatoms. The lowest BCUT2D eigenvalue weighted by atomic mass is 10.0. The molecule has 0 fully saturated rings. The molecule has 0 aliphatic carbocycles. The molecule has 2 heterocycles. The first kappa shape index (κ1) is 18.9. The summed E-state index contributed by atoms with van der Waals surface area (Å²) >= 11 is 0. The molecule has 152 valence electrons. The van der Waals surface area contributed by atoms with Crippen LogP contribution in [0.25, 0.3) is 39.1 Å². The smallest absolute Gasteiger partial charge is 0.262 e. The average Bonchev–Trinajstić information content (AvgIpc) is 3.22. The number of hydrogen-bond acceptors (Lipinski definition) is 4. The molecule has 0 aliphatic rings. The lowest BCUT2D eigenvalue weighted by molar-refractivity contribution is 0.326. The van der Waals surface area contributed by atoms with Crippen LogP contribution in [0, 0.1) is 5.82 Å². The number of benzene rings is 3. The van der Waals surface area contributed by atoms with Gasteiger partial charge >= 0.3 is 0 Å². The van der Waals surface area contributed by atoms with Gasteiger partial charge in [0.1, 0.15) is 17.2 Å². The van der Waals surface area contributed by atoms with E-state index in [1.54, 1.807) is 22.9 Å². The van der Waals surface area contributed by atoms with Crippen LogP contribution in [0.3, 0.4) is 0 Å². The van der Waals surface area contributed by atoms with Crippen LogP contribution in [-0.2, 0) is 0 Å². The van der Waals surface area contributed by atoms with E-state index in [1.165, 1.54) is 6.07 Å². The molecule has 0 spiro atoms. The third-order valence-corrected chi connectivity index (χ3v) is 5.02. The minimum atomic E-state index is -0.368. The van der Waals surface area contributed by atoms with Gasteiger partial charge in [-0.25, -0.2) is 9.07 Å². The molecule has 0 saturated heterocycles. The lowest BCUT2D eigenvalue weighted by Crippen LogP contribution is -2.02. The standard InChI is InChI=1S/C25H19FN4O/c1-2-31-25-23-21(22(27-28-25)17-11-5-3-6-12-17)24(18-13-7-4-8-14-18)30(29-23)20-16-10-9-15-19(20)26/h3-16H,2H2,1H3. The van der Waals surface area contributed by atoms with Gasteiger partial charge in [-0.2, -0.15) is 5.10 Å². The topological polar surface area (TPSA) is 52.8 Å². The highest BCUT2D eigenvalue weighted by Gasteiger charge is 2.24. The van der Waals surface area contributed by atoms with Gasteiger partial charge in [-0.05, 0) is 19.1 Å². The fourth-order valence-corrected chi connectivity index (χ4v) is 3.68. The van der Waals surface area contributed by atoms with Crippen LogP contribution < -0.4 is 4.74 Å². The largest absolute Gasteiger partial charge is 0.475 e. The Morgan fingerprint density at radius 1 is 0.806 bits per heavy atom. The molecule has 3 aromatic carbocycles. The van der Waals surface area contributed by atoms with E-state index < -0.39 is 0 Å². The Balaban J connectivity index is 1.94. The monoisotopic (exact) mass is 410 g/mol. The van der Waals surface area contributed by atoms with Gasteiger partial charge in [0.05, 0.1) is 17.7 Å². The zero-order valence-electron chi connectivity index (χ0n) is 16.9. The van der Waals surface area contributed by atoms with E-state index in [2.05, 4.69) is 10.2 Å². The van der Waals surface area contributed by atoms with E-state index in [4.69, 9.17) is 9.84 Å². The molecule has 5 nitrogen and oxygen atoms in total. The minimum absolute atomic E-state index is 0.324. The molecule has 0 bridgehead atoms. The highest BCUT2D eigenvalue weighted by atomic mass is 19.1. The van der Waals surface area contributed by atoms with Crippen molar-refractivity contribution in [3.63, 3.8) is 0 Å². The normalized spacial score (nSPS) is 11.0. The van der Waals surface area contributed by atoms with Crippen molar-refractivity contribution in [3.05, 3.63) is 90.7 Å². The molecule has 31 heavy (non-hydrogen) atoms. The molecule has 5 aromatic rings. The van der Waals surface area contributed by atoms with Crippen molar-refractivity contribution < 1.29 is 9.13 Å². The summed E-state index contributed by atoms with van der Waals surface area (Å²) < 4.78 is 22.2. The van der Waals surface area contributed by atoms with Crippen molar-refractivity contribution in [2.24, 2.45) is 0 Å². The Labute approximate surface area is 178 Å². The van der Waals surface area contributed by atoms with E-state index in [1.807, 2.05) is 67.6 Å². The van der Waals surface area contributed by atoms with Crippen LogP contribution in [-0.4, -0.2) is 26.6 Å². The first-order chi connectivity index (χ1) is 15.3. The van der Waals surface area contributed by atoms with Crippen LogP contribution in [0.15, 0.2) is 84.9 Å². The Morgan fingerprint density at radius 2 is 1.45 bits per heavy atom. The van der Waals surface area contributed by atoms with Crippen LogP contribution in [0.5, 0.6) is 5.88 Å². The number of halogens is 1. The number of fused-ring (bicyclic) bond motifs is 1. The summed E-state index contributed by atoms with van der Waals surface area (Å²) in [6, 6.07) is 26.1. The van der Waals surface area contributed by atoms with Gasteiger partial charge in [-0.15, -0.1) is 10.2 Å². The average molecular weight is 410 g/mol. The summed E-state index contributed by atoms with van der Waals surface area (Å²) in [6.45, 7) is 2.30.